The number of carbonyl (C=O) groups is 1. The molecule has 0 heterocycles. The highest BCUT2D eigenvalue weighted by Gasteiger charge is 2.11. The Bertz CT molecular complexity index is 390. The highest BCUT2D eigenvalue weighted by atomic mass is 19.2. The molecule has 0 spiro atoms. The van der Waals surface area contributed by atoms with E-state index in [1.165, 1.54) is 0 Å². The normalized spacial score (nSPS) is 9.64. The molecule has 0 atom stereocenters. The summed E-state index contributed by atoms with van der Waals surface area (Å²) in [5, 5.41) is 1.93. The Labute approximate surface area is 78.0 Å². The number of rotatable bonds is 2. The van der Waals surface area contributed by atoms with Crippen molar-refractivity contribution in [2.75, 3.05) is 5.32 Å². The summed E-state index contributed by atoms with van der Waals surface area (Å²) in [5.74, 6) is -4.37. The van der Waals surface area contributed by atoms with E-state index < -0.39 is 29.0 Å². The van der Waals surface area contributed by atoms with Crippen LogP contribution in [0.4, 0.5) is 18.9 Å². The number of hydrogen-bond acceptors (Lipinski definition) is 1. The van der Waals surface area contributed by atoms with Gasteiger partial charge in [-0.1, -0.05) is 6.58 Å². The van der Waals surface area contributed by atoms with Crippen molar-refractivity contribution < 1.29 is 18.0 Å². The zero-order chi connectivity index (χ0) is 10.7. The van der Waals surface area contributed by atoms with Crippen molar-refractivity contribution in [3.05, 3.63) is 42.2 Å². The quantitative estimate of drug-likeness (QED) is 0.577. The van der Waals surface area contributed by atoms with E-state index in [0.717, 1.165) is 6.08 Å². The molecular formula is C9H6F3NO. The Kier molecular flexibility index (Phi) is 2.91. The fourth-order valence-electron chi connectivity index (χ4n) is 0.831. The number of anilines is 1. The van der Waals surface area contributed by atoms with E-state index >= 15 is 0 Å². The first-order valence-corrected chi connectivity index (χ1v) is 3.62. The van der Waals surface area contributed by atoms with E-state index in [1.54, 1.807) is 0 Å². The molecule has 74 valence electrons. The lowest BCUT2D eigenvalue weighted by Crippen LogP contribution is -2.10. The summed E-state index contributed by atoms with van der Waals surface area (Å²) < 4.78 is 38.1. The molecule has 5 heteroatoms. The average molecular weight is 201 g/mol. The van der Waals surface area contributed by atoms with Crippen LogP contribution in [0.15, 0.2) is 24.8 Å². The number of benzene rings is 1. The van der Waals surface area contributed by atoms with Gasteiger partial charge in [0.25, 0.3) is 0 Å². The molecule has 0 aliphatic rings. The zero-order valence-electron chi connectivity index (χ0n) is 6.98. The summed E-state index contributed by atoms with van der Waals surface area (Å²) in [5.41, 5.74) is -0.549. The van der Waals surface area contributed by atoms with Crippen molar-refractivity contribution in [3.8, 4) is 0 Å². The van der Waals surface area contributed by atoms with Crippen molar-refractivity contribution in [2.45, 2.75) is 0 Å². The van der Waals surface area contributed by atoms with Gasteiger partial charge in [-0.05, 0) is 6.08 Å². The Morgan fingerprint density at radius 1 is 1.36 bits per heavy atom. The molecule has 1 rings (SSSR count). The molecule has 0 saturated heterocycles. The number of hydrogen-bond donors (Lipinski definition) is 1. The van der Waals surface area contributed by atoms with Gasteiger partial charge in [-0.2, -0.15) is 0 Å². The maximum atomic E-state index is 12.9. The molecule has 2 nitrogen and oxygen atoms in total. The molecule has 0 unspecified atom stereocenters. The van der Waals surface area contributed by atoms with Crippen molar-refractivity contribution >= 4 is 11.6 Å². The second-order valence-electron chi connectivity index (χ2n) is 2.44. The van der Waals surface area contributed by atoms with E-state index in [-0.39, 0.29) is 0 Å². The van der Waals surface area contributed by atoms with Gasteiger partial charge in [0, 0.05) is 12.1 Å². The van der Waals surface area contributed by atoms with Crippen molar-refractivity contribution in [1.82, 2.24) is 0 Å². The molecule has 0 saturated carbocycles. The van der Waals surface area contributed by atoms with Crippen LogP contribution in [0.5, 0.6) is 0 Å². The lowest BCUT2D eigenvalue weighted by atomic mass is 10.3. The first-order chi connectivity index (χ1) is 6.54. The molecule has 0 aromatic heterocycles. The average Bonchev–Trinajstić information content (AvgIpc) is 2.13. The van der Waals surface area contributed by atoms with Crippen molar-refractivity contribution in [1.29, 1.82) is 0 Å². The van der Waals surface area contributed by atoms with Crippen LogP contribution in [-0.4, -0.2) is 5.91 Å². The summed E-state index contributed by atoms with van der Waals surface area (Å²) in [6.07, 6.45) is 0.863. The van der Waals surface area contributed by atoms with Crippen molar-refractivity contribution in [3.63, 3.8) is 0 Å². The highest BCUT2D eigenvalue weighted by molar-refractivity contribution is 5.98. The van der Waals surface area contributed by atoms with Crippen LogP contribution in [0.3, 0.4) is 0 Å². The number of amides is 1. The molecule has 0 aliphatic heterocycles. The molecule has 1 amide bonds. The second-order valence-corrected chi connectivity index (χ2v) is 2.44. The molecule has 1 aromatic carbocycles. The van der Waals surface area contributed by atoms with Crippen LogP contribution in [-0.2, 0) is 4.79 Å². The Hall–Kier alpha value is -1.78. The summed E-state index contributed by atoms with van der Waals surface area (Å²) in [6, 6.07) is 1.07. The van der Waals surface area contributed by atoms with Gasteiger partial charge in [-0.15, -0.1) is 0 Å². The summed E-state index contributed by atoms with van der Waals surface area (Å²) in [6.45, 7) is 3.11. The zero-order valence-corrected chi connectivity index (χ0v) is 6.98. The van der Waals surface area contributed by atoms with E-state index in [1.807, 2.05) is 5.32 Å². The molecule has 1 N–H and O–H groups in total. The third-order valence-electron chi connectivity index (χ3n) is 1.44. The van der Waals surface area contributed by atoms with Crippen LogP contribution < -0.4 is 5.32 Å². The van der Waals surface area contributed by atoms with Gasteiger partial charge in [0.15, 0.2) is 11.6 Å². The monoisotopic (exact) mass is 201 g/mol. The Morgan fingerprint density at radius 3 is 2.57 bits per heavy atom. The SMILES string of the molecule is C=CC(=O)Nc1cc(F)cc(F)c1F. The van der Waals surface area contributed by atoms with Crippen LogP contribution >= 0.6 is 0 Å². The first kappa shape index (κ1) is 10.3. The third kappa shape index (κ3) is 2.12. The molecule has 14 heavy (non-hydrogen) atoms. The number of nitrogens with one attached hydrogen (secondary N) is 1. The van der Waals surface area contributed by atoms with E-state index in [2.05, 4.69) is 6.58 Å². The van der Waals surface area contributed by atoms with E-state index in [0.29, 0.717) is 12.1 Å². The molecule has 0 fully saturated rings. The van der Waals surface area contributed by atoms with E-state index in [4.69, 9.17) is 0 Å². The predicted octanol–water partition coefficient (Wildman–Crippen LogP) is 2.23. The van der Waals surface area contributed by atoms with Gasteiger partial charge in [0.1, 0.15) is 5.82 Å². The van der Waals surface area contributed by atoms with Gasteiger partial charge >= 0.3 is 0 Å². The fraction of sp³-hybridized carbons (Fsp3) is 0. The molecule has 0 bridgehead atoms. The minimum Gasteiger partial charge on any atom is -0.320 e. The van der Waals surface area contributed by atoms with Gasteiger partial charge in [0.2, 0.25) is 5.91 Å². The smallest absolute Gasteiger partial charge is 0.247 e. The minimum absolute atomic E-state index is 0.388. The lowest BCUT2D eigenvalue weighted by molar-refractivity contribution is -0.111. The van der Waals surface area contributed by atoms with Crippen molar-refractivity contribution in [2.24, 2.45) is 0 Å². The first-order valence-electron chi connectivity index (χ1n) is 3.62. The highest BCUT2D eigenvalue weighted by Crippen LogP contribution is 2.18. The lowest BCUT2D eigenvalue weighted by Gasteiger charge is -2.04. The molecule has 0 aliphatic carbocycles. The minimum atomic E-state index is -1.36. The van der Waals surface area contributed by atoms with E-state index in [9.17, 15) is 18.0 Å². The maximum absolute atomic E-state index is 12.9. The van der Waals surface area contributed by atoms with Gasteiger partial charge in [-0.25, -0.2) is 13.2 Å². The molecule has 0 radical (unpaired) electrons. The third-order valence-corrected chi connectivity index (χ3v) is 1.44. The topological polar surface area (TPSA) is 29.1 Å². The number of halogens is 3. The van der Waals surface area contributed by atoms with Gasteiger partial charge in [0.05, 0.1) is 5.69 Å². The van der Waals surface area contributed by atoms with Crippen LogP contribution in [0.25, 0.3) is 0 Å². The second kappa shape index (κ2) is 3.95. The summed E-state index contributed by atoms with van der Waals surface area (Å²) in [4.78, 5) is 10.7. The molecule has 1 aromatic rings. The van der Waals surface area contributed by atoms with Gasteiger partial charge < -0.3 is 5.32 Å². The summed E-state index contributed by atoms with van der Waals surface area (Å²) >= 11 is 0. The van der Waals surface area contributed by atoms with Gasteiger partial charge in [-0.3, -0.25) is 4.79 Å². The molecular weight excluding hydrogens is 195 g/mol. The largest absolute Gasteiger partial charge is 0.320 e. The van der Waals surface area contributed by atoms with Crippen LogP contribution in [0.2, 0.25) is 0 Å². The summed E-state index contributed by atoms with van der Waals surface area (Å²) in [7, 11) is 0. The Balaban J connectivity index is 3.07. The number of carbonyl (C=O) groups excluding carboxylic acids is 1. The van der Waals surface area contributed by atoms with Crippen LogP contribution in [0, 0.1) is 17.5 Å². The van der Waals surface area contributed by atoms with Crippen LogP contribution in [0.1, 0.15) is 0 Å². The standard InChI is InChI=1S/C9H6F3NO/c1-2-8(14)13-7-4-5(10)3-6(11)9(7)12/h2-4H,1H2,(H,13,14). The predicted molar refractivity (Wildman–Crippen MR) is 45.1 cm³/mol. The maximum Gasteiger partial charge on any atom is 0.247 e. The fourth-order valence-corrected chi connectivity index (χ4v) is 0.831. The Morgan fingerprint density at radius 2 is 2.00 bits per heavy atom.